The molecule has 0 N–H and O–H groups in total. The first-order valence-corrected chi connectivity index (χ1v) is 6.28. The minimum Gasteiger partial charge on any atom is -0.299 e. The van der Waals surface area contributed by atoms with Gasteiger partial charge >= 0.3 is 0 Å². The summed E-state index contributed by atoms with van der Waals surface area (Å²) >= 11 is 0. The summed E-state index contributed by atoms with van der Waals surface area (Å²) in [6, 6.07) is 0. The van der Waals surface area contributed by atoms with Crippen molar-refractivity contribution in [1.82, 2.24) is 0 Å². The number of carbonyl (C=O) groups excluding carboxylic acids is 1. The van der Waals surface area contributed by atoms with Crippen molar-refractivity contribution < 1.29 is 4.79 Å². The molecule has 0 aromatic heterocycles. The van der Waals surface area contributed by atoms with E-state index in [1.807, 2.05) is 13.8 Å². The van der Waals surface area contributed by atoms with Crippen molar-refractivity contribution in [2.24, 2.45) is 17.3 Å². The Morgan fingerprint density at radius 1 is 1.38 bits per heavy atom. The molecule has 1 unspecified atom stereocenters. The molecule has 3 rings (SSSR count). The minimum atomic E-state index is 0.606. The van der Waals surface area contributed by atoms with Gasteiger partial charge in [-0.1, -0.05) is 46.4 Å². The molecule has 3 aliphatic carbocycles. The maximum atomic E-state index is 9.06. The zero-order chi connectivity index (χ0) is 12.8. The molecule has 3 aliphatic rings. The topological polar surface area (TPSA) is 17.1 Å². The summed E-state index contributed by atoms with van der Waals surface area (Å²) in [7, 11) is 0. The molecule has 0 spiro atoms. The maximum Gasteiger partial charge on any atom is 0.142 e. The molecule has 0 aromatic rings. The predicted molar refractivity (Wildman–Crippen MR) is 71.4 cm³/mol. The highest BCUT2D eigenvalue weighted by atomic mass is 16.1. The standard InChI is InChI=1S/C10H16.C3H4O.C2H6/c1-7-4-5-8-6-9(7)10(8,2)3;1-2-3-4;1-2/h8-9H,1,4-6H2,2-3H3;2-3H,1H2;1-2H3/t8?,9-;;/m0../s1. The number of fused-ring (bicyclic) bond motifs is 2. The lowest BCUT2D eigenvalue weighted by Crippen LogP contribution is -2.48. The molecule has 1 heteroatoms. The highest BCUT2D eigenvalue weighted by Gasteiger charge is 2.51. The van der Waals surface area contributed by atoms with E-state index in [1.54, 1.807) is 0 Å². The number of hydrogen-bond acceptors (Lipinski definition) is 1. The van der Waals surface area contributed by atoms with Gasteiger partial charge in [-0.25, -0.2) is 0 Å². The van der Waals surface area contributed by atoms with Crippen molar-refractivity contribution in [2.75, 3.05) is 0 Å². The molecule has 1 nitrogen and oxygen atoms in total. The largest absolute Gasteiger partial charge is 0.299 e. The Bertz CT molecular complexity index is 242. The lowest BCUT2D eigenvalue weighted by molar-refractivity contribution is -0.104. The van der Waals surface area contributed by atoms with Gasteiger partial charge in [0.15, 0.2) is 0 Å². The summed E-state index contributed by atoms with van der Waals surface area (Å²) in [5, 5.41) is 0. The van der Waals surface area contributed by atoms with Crippen molar-refractivity contribution in [3.8, 4) is 0 Å². The van der Waals surface area contributed by atoms with Gasteiger partial charge in [-0.2, -0.15) is 0 Å². The third kappa shape index (κ3) is 3.07. The van der Waals surface area contributed by atoms with E-state index in [-0.39, 0.29) is 0 Å². The first-order chi connectivity index (χ1) is 7.54. The summed E-state index contributed by atoms with van der Waals surface area (Å²) in [5.41, 5.74) is 2.13. The van der Waals surface area contributed by atoms with Crippen LogP contribution in [0, 0.1) is 17.3 Å². The molecule has 2 atom stereocenters. The summed E-state index contributed by atoms with van der Waals surface area (Å²) < 4.78 is 0. The van der Waals surface area contributed by atoms with Gasteiger partial charge in [0.2, 0.25) is 0 Å². The Hall–Kier alpha value is -0.850. The van der Waals surface area contributed by atoms with Crippen molar-refractivity contribution in [3.63, 3.8) is 0 Å². The van der Waals surface area contributed by atoms with E-state index in [4.69, 9.17) is 4.79 Å². The van der Waals surface area contributed by atoms with Crippen molar-refractivity contribution in [2.45, 2.75) is 47.0 Å². The highest BCUT2D eigenvalue weighted by Crippen LogP contribution is 2.60. The second kappa shape index (κ2) is 6.67. The third-order valence-electron chi connectivity index (χ3n) is 3.87. The van der Waals surface area contributed by atoms with E-state index in [0.29, 0.717) is 11.7 Å². The first kappa shape index (κ1) is 15.2. The molecule has 3 fully saturated rings. The quantitative estimate of drug-likeness (QED) is 0.365. The molecule has 0 heterocycles. The van der Waals surface area contributed by atoms with E-state index in [2.05, 4.69) is 27.0 Å². The van der Waals surface area contributed by atoms with Crippen LogP contribution in [0.25, 0.3) is 0 Å². The third-order valence-corrected chi connectivity index (χ3v) is 3.87. The van der Waals surface area contributed by atoms with Crippen molar-refractivity contribution in [3.05, 3.63) is 24.8 Å². The smallest absolute Gasteiger partial charge is 0.142 e. The SMILES string of the molecule is C=C1CCC2C[C@@H]1C2(C)C.C=CC=O.CC. The number of rotatable bonds is 1. The molecule has 16 heavy (non-hydrogen) atoms. The number of carbonyl (C=O) groups is 1. The molecule has 0 radical (unpaired) electrons. The van der Waals surface area contributed by atoms with Crippen LogP contribution < -0.4 is 0 Å². The molecule has 0 aromatic carbocycles. The van der Waals surface area contributed by atoms with Gasteiger partial charge in [-0.05, 0) is 42.6 Å². The van der Waals surface area contributed by atoms with Crippen LogP contribution in [-0.4, -0.2) is 6.29 Å². The summed E-state index contributed by atoms with van der Waals surface area (Å²) in [6.07, 6.45) is 5.98. The molecular formula is C15H26O. The normalized spacial score (nSPS) is 28.4. The molecule has 0 saturated heterocycles. The van der Waals surface area contributed by atoms with E-state index in [0.717, 1.165) is 11.8 Å². The van der Waals surface area contributed by atoms with Crippen molar-refractivity contribution >= 4 is 6.29 Å². The number of aldehydes is 1. The van der Waals surface area contributed by atoms with E-state index in [1.165, 1.54) is 30.9 Å². The minimum absolute atomic E-state index is 0.606. The van der Waals surface area contributed by atoms with Crippen LogP contribution in [0.4, 0.5) is 0 Å². The zero-order valence-electron chi connectivity index (χ0n) is 11.3. The zero-order valence-corrected chi connectivity index (χ0v) is 11.3. The van der Waals surface area contributed by atoms with Crippen LogP contribution in [0.5, 0.6) is 0 Å². The monoisotopic (exact) mass is 222 g/mol. The molecule has 2 bridgehead atoms. The van der Waals surface area contributed by atoms with Gasteiger partial charge in [0.05, 0.1) is 0 Å². The predicted octanol–water partition coefficient (Wildman–Crippen LogP) is 4.40. The molecular weight excluding hydrogens is 196 g/mol. The van der Waals surface area contributed by atoms with Gasteiger partial charge in [0.1, 0.15) is 6.29 Å². The molecule has 92 valence electrons. The van der Waals surface area contributed by atoms with Gasteiger partial charge in [-0.15, -0.1) is 0 Å². The lowest BCUT2D eigenvalue weighted by atomic mass is 9.47. The second-order valence-electron chi connectivity index (χ2n) is 4.88. The van der Waals surface area contributed by atoms with Crippen molar-refractivity contribution in [1.29, 1.82) is 0 Å². The average molecular weight is 222 g/mol. The average Bonchev–Trinajstić information content (AvgIpc) is 2.31. The van der Waals surface area contributed by atoms with Gasteiger partial charge in [0, 0.05) is 0 Å². The van der Waals surface area contributed by atoms with Gasteiger partial charge in [0.25, 0.3) is 0 Å². The Balaban J connectivity index is 0.000000323. The number of hydrogen-bond donors (Lipinski definition) is 0. The molecule has 3 saturated carbocycles. The molecule has 0 amide bonds. The second-order valence-corrected chi connectivity index (χ2v) is 4.88. The Morgan fingerprint density at radius 2 is 1.88 bits per heavy atom. The van der Waals surface area contributed by atoms with Crippen LogP contribution >= 0.6 is 0 Å². The molecule has 0 aliphatic heterocycles. The van der Waals surface area contributed by atoms with Crippen LogP contribution in [0.3, 0.4) is 0 Å². The Labute approximate surface area is 101 Å². The fourth-order valence-corrected chi connectivity index (χ4v) is 2.73. The van der Waals surface area contributed by atoms with E-state index >= 15 is 0 Å². The maximum absolute atomic E-state index is 9.06. The lowest BCUT2D eigenvalue weighted by Gasteiger charge is -2.57. The summed E-state index contributed by atoms with van der Waals surface area (Å²) in [4.78, 5) is 9.06. The Morgan fingerprint density at radius 3 is 2.06 bits per heavy atom. The van der Waals surface area contributed by atoms with E-state index in [9.17, 15) is 0 Å². The highest BCUT2D eigenvalue weighted by molar-refractivity contribution is 5.63. The van der Waals surface area contributed by atoms with Crippen LogP contribution in [0.1, 0.15) is 47.0 Å². The summed E-state index contributed by atoms with van der Waals surface area (Å²) in [6.45, 7) is 16.0. The van der Waals surface area contributed by atoms with Gasteiger partial charge in [-0.3, -0.25) is 4.79 Å². The van der Waals surface area contributed by atoms with E-state index < -0.39 is 0 Å². The van der Waals surface area contributed by atoms with Crippen LogP contribution in [0.15, 0.2) is 24.8 Å². The Kier molecular flexibility index (Phi) is 6.32. The van der Waals surface area contributed by atoms with Crippen LogP contribution in [-0.2, 0) is 4.79 Å². The fourth-order valence-electron chi connectivity index (χ4n) is 2.73. The first-order valence-electron chi connectivity index (χ1n) is 6.28. The summed E-state index contributed by atoms with van der Waals surface area (Å²) in [5.74, 6) is 1.88. The number of allylic oxidation sites excluding steroid dienone is 2. The van der Waals surface area contributed by atoms with Gasteiger partial charge < -0.3 is 0 Å². The fraction of sp³-hybridized carbons (Fsp3) is 0.667. The van der Waals surface area contributed by atoms with Crippen LogP contribution in [0.2, 0.25) is 0 Å².